The average molecular weight is 1150 g/mol. The second-order valence-corrected chi connectivity index (χ2v) is 24.5. The molecule has 82 heavy (non-hydrogen) atoms. The molecule has 0 bridgehead atoms. The molecule has 0 saturated heterocycles. The molecule has 0 aliphatic heterocycles. The fourth-order valence-corrected chi connectivity index (χ4v) is 11.0. The van der Waals surface area contributed by atoms with E-state index in [4.69, 9.17) is 10.5 Å². The van der Waals surface area contributed by atoms with E-state index in [0.717, 1.165) is 39.3 Å². The van der Waals surface area contributed by atoms with Crippen LogP contribution in [-0.4, -0.2) is 129 Å². The molecule has 22 heteroatoms. The number of carboxylic acid groups (broad SMARTS) is 1. The van der Waals surface area contributed by atoms with Crippen molar-refractivity contribution in [3.63, 3.8) is 0 Å². The Labute approximate surface area is 480 Å². The third-order valence-corrected chi connectivity index (χ3v) is 16.0. The van der Waals surface area contributed by atoms with Crippen LogP contribution in [0.3, 0.4) is 0 Å². The summed E-state index contributed by atoms with van der Waals surface area (Å²) in [6.45, 7) is 17.2. The Morgan fingerprint density at radius 1 is 0.720 bits per heavy atom. The normalized spacial score (nSPS) is 14.4. The Morgan fingerprint density at radius 3 is 1.80 bits per heavy atom. The number of benzene rings is 4. The Balaban J connectivity index is 1.25. The van der Waals surface area contributed by atoms with Crippen molar-refractivity contribution in [3.05, 3.63) is 131 Å². The molecule has 442 valence electrons. The van der Waals surface area contributed by atoms with E-state index >= 15 is 0 Å². The number of nitrogens with one attached hydrogen (secondary N) is 6. The number of hydrogen-bond donors (Lipinski definition) is 8. The lowest BCUT2D eigenvalue weighted by Crippen LogP contribution is -2.62. The van der Waals surface area contributed by atoms with Crippen LogP contribution < -0.4 is 37.0 Å². The van der Waals surface area contributed by atoms with Crippen LogP contribution >= 0.6 is 0 Å². The van der Waals surface area contributed by atoms with Gasteiger partial charge in [-0.15, -0.1) is 0 Å². The molecule has 1 aliphatic rings. The predicted octanol–water partition coefficient (Wildman–Crippen LogP) is 6.84. The molecule has 0 radical (unpaired) electrons. The number of nitrogens with zero attached hydrogens (tertiary/aromatic N) is 2. The number of urea groups is 1. The number of anilines is 1. The van der Waals surface area contributed by atoms with Gasteiger partial charge in [0.25, 0.3) is 15.9 Å². The van der Waals surface area contributed by atoms with Crippen LogP contribution in [0.2, 0.25) is 0 Å². The topological polar surface area (TPSA) is 305 Å². The summed E-state index contributed by atoms with van der Waals surface area (Å²) >= 11 is 0. The first kappa shape index (κ1) is 64.5. The van der Waals surface area contributed by atoms with Gasteiger partial charge in [-0.05, 0) is 89.1 Å². The molecule has 5 atom stereocenters. The number of carbonyl (C=O) groups is 8. The van der Waals surface area contributed by atoms with Crippen molar-refractivity contribution in [1.82, 2.24) is 35.8 Å². The number of primary amides is 1. The highest BCUT2D eigenvalue weighted by Gasteiger charge is 2.45. The van der Waals surface area contributed by atoms with Crippen molar-refractivity contribution in [2.75, 3.05) is 32.6 Å². The van der Waals surface area contributed by atoms with Gasteiger partial charge in [-0.25, -0.2) is 27.5 Å². The van der Waals surface area contributed by atoms with E-state index in [1.165, 1.54) is 44.1 Å². The zero-order chi connectivity index (χ0) is 61.0. The maximum absolute atomic E-state index is 14.5. The Bertz CT molecular complexity index is 3080. The van der Waals surface area contributed by atoms with E-state index in [1.54, 1.807) is 92.6 Å². The van der Waals surface area contributed by atoms with Crippen LogP contribution in [0.25, 0.3) is 11.1 Å². The zero-order valence-corrected chi connectivity index (χ0v) is 49.5. The summed E-state index contributed by atoms with van der Waals surface area (Å²) in [6.07, 6.45) is -0.527. The molecule has 0 unspecified atom stereocenters. The fraction of sp³-hybridized carbons (Fsp3) is 0.433. The summed E-state index contributed by atoms with van der Waals surface area (Å²) in [5, 5.41) is 23.4. The lowest BCUT2D eigenvalue weighted by atomic mass is 9.76. The van der Waals surface area contributed by atoms with E-state index < -0.39 is 105 Å². The number of sulfonamides is 1. The van der Waals surface area contributed by atoms with Crippen LogP contribution in [-0.2, 0) is 44.1 Å². The van der Waals surface area contributed by atoms with Crippen LogP contribution in [0, 0.1) is 17.3 Å². The Hall–Kier alpha value is -8.27. The molecule has 0 spiro atoms. The zero-order valence-electron chi connectivity index (χ0n) is 48.7. The molecule has 0 fully saturated rings. The van der Waals surface area contributed by atoms with Gasteiger partial charge in [0.1, 0.15) is 30.8 Å². The van der Waals surface area contributed by atoms with Gasteiger partial charge < -0.3 is 47.1 Å². The molecule has 0 saturated carbocycles. The number of rotatable bonds is 24. The summed E-state index contributed by atoms with van der Waals surface area (Å²) in [4.78, 5) is 109. The summed E-state index contributed by atoms with van der Waals surface area (Å²) in [5.74, 6) is -4.66. The minimum absolute atomic E-state index is 0.00583. The number of fused-ring (bicyclic) bond motifs is 3. The molecule has 1 aliphatic carbocycles. The third kappa shape index (κ3) is 16.2. The number of likely N-dealkylation sites (N-methyl/N-ethyl adjacent to an activating group) is 2. The van der Waals surface area contributed by atoms with Crippen LogP contribution in [0.1, 0.15) is 105 Å². The van der Waals surface area contributed by atoms with E-state index in [-0.39, 0.29) is 54.0 Å². The lowest BCUT2D eigenvalue weighted by molar-refractivity contribution is -0.141. The highest BCUT2D eigenvalue weighted by atomic mass is 32.2. The molecular formula is C60H79N9O12S. The van der Waals surface area contributed by atoms with Gasteiger partial charge in [-0.2, -0.15) is 0 Å². The molecule has 4 aromatic carbocycles. The van der Waals surface area contributed by atoms with Crippen LogP contribution in [0.4, 0.5) is 20.1 Å². The number of carbonyl (C=O) groups excluding carboxylic acids is 7. The average Bonchev–Trinajstić information content (AvgIpc) is 3.45. The largest absolute Gasteiger partial charge is 0.465 e. The Morgan fingerprint density at radius 2 is 1.28 bits per heavy atom. The van der Waals surface area contributed by atoms with Crippen molar-refractivity contribution in [3.8, 4) is 11.1 Å². The number of amides is 9. The lowest BCUT2D eigenvalue weighted by Gasteiger charge is -2.41. The highest BCUT2D eigenvalue weighted by Crippen LogP contribution is 2.44. The number of nitrogens with two attached hydrogens (primary N) is 1. The van der Waals surface area contributed by atoms with Crippen molar-refractivity contribution in [2.45, 2.75) is 129 Å². The number of ether oxygens (including phenoxy) is 1. The second kappa shape index (κ2) is 27.5. The Kier molecular flexibility index (Phi) is 21.6. The SMILES string of the molecule is C/C(=C\[C@H](C(C)C)N(C)C(=O)[C@@H](NC(=O)[C@@H](N(C)C(=O)O)C(C)(C)c1ccccc1)C(C)(C)C)C(=O)NS(=O)(=O)c1ccc(NC(=O)[C@H](CCCNC(N)=O)NC(=O)[C@@H](NC(=O)OCC2c3ccccc3-c3ccccc32)C(C)C)cc1. The van der Waals surface area contributed by atoms with Crippen LogP contribution in [0.5, 0.6) is 0 Å². The minimum Gasteiger partial charge on any atom is -0.465 e. The third-order valence-electron chi connectivity index (χ3n) is 14.6. The minimum atomic E-state index is -4.53. The van der Waals surface area contributed by atoms with E-state index in [9.17, 15) is 51.9 Å². The maximum atomic E-state index is 14.5. The van der Waals surface area contributed by atoms with Gasteiger partial charge in [0.2, 0.25) is 23.6 Å². The summed E-state index contributed by atoms with van der Waals surface area (Å²) in [7, 11) is -1.74. The highest BCUT2D eigenvalue weighted by molar-refractivity contribution is 7.90. The van der Waals surface area contributed by atoms with Crippen LogP contribution in [0.15, 0.2) is 120 Å². The van der Waals surface area contributed by atoms with Gasteiger partial charge >= 0.3 is 18.2 Å². The van der Waals surface area contributed by atoms with Gasteiger partial charge in [-0.1, -0.05) is 147 Å². The summed E-state index contributed by atoms with van der Waals surface area (Å²) < 4.78 is 35.1. The molecule has 0 aromatic heterocycles. The van der Waals surface area contributed by atoms with E-state index in [0.29, 0.717) is 5.56 Å². The first-order valence-corrected chi connectivity index (χ1v) is 28.6. The van der Waals surface area contributed by atoms with E-state index in [1.807, 2.05) is 48.5 Å². The standard InChI is InChI=1S/C60H79N9O12S/c1-35(2)47(68(11)55(74)49(59(6,7)8)66-54(73)50(69(12)58(77)78)60(9,10)38-21-14-13-15-22-38)33-37(5)51(70)67-82(79,80)40-30-28-39(29-31-40)63-52(71)46(27-20-32-62-56(61)75)64-53(72)48(36(3)4)65-57(76)81-34-45-43-25-18-16-23-41(43)42-24-17-19-26-44(42)45/h13-19,21-26,28-31,33,35-36,45-50H,20,27,32,34H2,1-12H3,(H,63,71)(H,64,72)(H,65,76)(H,66,73)(H,67,70)(H,77,78)(H3,61,62,75)/b37-33+/t46-,47+,48-,49+,50+/m0/s1. The van der Waals surface area contributed by atoms with E-state index in [2.05, 4.69) is 31.3 Å². The predicted molar refractivity (Wildman–Crippen MR) is 312 cm³/mol. The smallest absolute Gasteiger partial charge is 0.407 e. The molecule has 9 N–H and O–H groups in total. The first-order valence-electron chi connectivity index (χ1n) is 27.1. The quantitative estimate of drug-likeness (QED) is 0.0264. The van der Waals surface area contributed by atoms with Crippen molar-refractivity contribution in [2.24, 2.45) is 23.0 Å². The molecule has 9 amide bonds. The molecule has 0 heterocycles. The van der Waals surface area contributed by atoms with Crippen molar-refractivity contribution < 1.29 is 56.6 Å². The molecule has 4 aromatic rings. The van der Waals surface area contributed by atoms with Crippen molar-refractivity contribution in [1.29, 1.82) is 0 Å². The number of hydrogen-bond acceptors (Lipinski definition) is 11. The monoisotopic (exact) mass is 1150 g/mol. The van der Waals surface area contributed by atoms with Crippen molar-refractivity contribution >= 4 is 63.5 Å². The van der Waals surface area contributed by atoms with Gasteiger partial charge in [-0.3, -0.25) is 28.9 Å². The summed E-state index contributed by atoms with van der Waals surface area (Å²) in [5.41, 5.74) is 8.17. The summed E-state index contributed by atoms with van der Waals surface area (Å²) in [6, 6.07) is 23.2. The molecular weight excluding hydrogens is 1070 g/mol. The van der Waals surface area contributed by atoms with Gasteiger partial charge in [0, 0.05) is 43.2 Å². The molecule has 5 rings (SSSR count). The van der Waals surface area contributed by atoms with Gasteiger partial charge in [0.15, 0.2) is 0 Å². The maximum Gasteiger partial charge on any atom is 0.407 e. The fourth-order valence-electron chi connectivity index (χ4n) is 9.99. The van der Waals surface area contributed by atoms with Gasteiger partial charge in [0.05, 0.1) is 10.9 Å². The number of alkyl carbamates (subject to hydrolysis) is 1. The molecule has 21 nitrogen and oxygen atoms in total. The first-order chi connectivity index (χ1) is 38.4. The second-order valence-electron chi connectivity index (χ2n) is 22.9.